The van der Waals surface area contributed by atoms with E-state index in [0.29, 0.717) is 11.4 Å². The summed E-state index contributed by atoms with van der Waals surface area (Å²) in [5.74, 6) is 0.815. The van der Waals surface area contributed by atoms with Crippen molar-refractivity contribution in [3.8, 4) is 5.75 Å². The second-order valence-electron chi connectivity index (χ2n) is 4.81. The van der Waals surface area contributed by atoms with Crippen molar-refractivity contribution in [1.29, 1.82) is 0 Å². The second-order valence-corrected chi connectivity index (χ2v) is 5.24. The van der Waals surface area contributed by atoms with Crippen LogP contribution in [0, 0.1) is 0 Å². The molecular formula is C16H17ClO2. The summed E-state index contributed by atoms with van der Waals surface area (Å²) < 4.78 is 5.12. The molecule has 0 aliphatic heterocycles. The van der Waals surface area contributed by atoms with Gasteiger partial charge in [0, 0.05) is 11.4 Å². The van der Waals surface area contributed by atoms with Crippen LogP contribution >= 0.6 is 11.6 Å². The zero-order valence-corrected chi connectivity index (χ0v) is 11.8. The molecule has 0 radical (unpaired) electrons. The van der Waals surface area contributed by atoms with Gasteiger partial charge in [0.2, 0.25) is 0 Å². The summed E-state index contributed by atoms with van der Waals surface area (Å²) in [6.45, 7) is 1.81. The van der Waals surface area contributed by atoms with Gasteiger partial charge in [-0.3, -0.25) is 0 Å². The van der Waals surface area contributed by atoms with E-state index < -0.39 is 5.60 Å². The first-order chi connectivity index (χ1) is 9.01. The molecule has 19 heavy (non-hydrogen) atoms. The third kappa shape index (κ3) is 3.49. The molecule has 2 aromatic rings. The standard InChI is InChI=1S/C16H17ClO2/c1-16(18,13-5-7-14(17)8-6-13)11-12-3-9-15(19-2)10-4-12/h3-10,18H,11H2,1-2H3. The maximum absolute atomic E-state index is 10.6. The Morgan fingerprint density at radius 1 is 1.05 bits per heavy atom. The molecule has 0 bridgehead atoms. The zero-order valence-electron chi connectivity index (χ0n) is 11.1. The summed E-state index contributed by atoms with van der Waals surface area (Å²) in [6.07, 6.45) is 0.540. The van der Waals surface area contributed by atoms with Crippen LogP contribution in [0.15, 0.2) is 48.5 Å². The van der Waals surface area contributed by atoms with Gasteiger partial charge in [0.1, 0.15) is 5.75 Å². The fourth-order valence-electron chi connectivity index (χ4n) is 2.05. The van der Waals surface area contributed by atoms with Crippen LogP contribution in [0.1, 0.15) is 18.1 Å². The van der Waals surface area contributed by atoms with E-state index in [1.54, 1.807) is 26.2 Å². The van der Waals surface area contributed by atoms with Crippen molar-refractivity contribution in [2.75, 3.05) is 7.11 Å². The molecule has 0 aliphatic rings. The molecule has 0 saturated heterocycles. The number of aliphatic hydroxyl groups is 1. The van der Waals surface area contributed by atoms with Crippen LogP contribution in [0.5, 0.6) is 5.75 Å². The van der Waals surface area contributed by atoms with E-state index in [1.807, 2.05) is 36.4 Å². The predicted molar refractivity (Wildman–Crippen MR) is 77.7 cm³/mol. The Balaban J connectivity index is 2.17. The number of rotatable bonds is 4. The first-order valence-corrected chi connectivity index (χ1v) is 6.50. The zero-order chi connectivity index (χ0) is 13.9. The van der Waals surface area contributed by atoms with Crippen LogP contribution in [0.2, 0.25) is 5.02 Å². The average molecular weight is 277 g/mol. The highest BCUT2D eigenvalue weighted by Gasteiger charge is 2.23. The number of hydrogen-bond acceptors (Lipinski definition) is 2. The van der Waals surface area contributed by atoms with Gasteiger partial charge in [0.05, 0.1) is 12.7 Å². The maximum Gasteiger partial charge on any atom is 0.118 e. The first-order valence-electron chi connectivity index (χ1n) is 6.12. The lowest BCUT2D eigenvalue weighted by Gasteiger charge is -2.24. The molecule has 0 saturated carbocycles. The largest absolute Gasteiger partial charge is 0.497 e. The summed E-state index contributed by atoms with van der Waals surface area (Å²) >= 11 is 5.86. The summed E-state index contributed by atoms with van der Waals surface area (Å²) in [7, 11) is 1.64. The topological polar surface area (TPSA) is 29.5 Å². The van der Waals surface area contributed by atoms with E-state index >= 15 is 0 Å². The minimum atomic E-state index is -0.917. The lowest BCUT2D eigenvalue weighted by molar-refractivity contribution is 0.0576. The lowest BCUT2D eigenvalue weighted by atomic mass is 9.89. The Kier molecular flexibility index (Phi) is 4.13. The van der Waals surface area contributed by atoms with E-state index in [2.05, 4.69) is 0 Å². The van der Waals surface area contributed by atoms with Gasteiger partial charge in [-0.05, 0) is 42.3 Å². The van der Waals surface area contributed by atoms with E-state index in [0.717, 1.165) is 16.9 Å². The van der Waals surface area contributed by atoms with Gasteiger partial charge in [-0.2, -0.15) is 0 Å². The van der Waals surface area contributed by atoms with Gasteiger partial charge in [-0.1, -0.05) is 35.9 Å². The second kappa shape index (κ2) is 5.64. The van der Waals surface area contributed by atoms with E-state index in [-0.39, 0.29) is 0 Å². The number of methoxy groups -OCH3 is 1. The molecule has 0 heterocycles. The summed E-state index contributed by atoms with van der Waals surface area (Å²) in [5.41, 5.74) is 0.993. The molecule has 2 nitrogen and oxygen atoms in total. The Morgan fingerprint density at radius 3 is 2.16 bits per heavy atom. The van der Waals surface area contributed by atoms with Crippen molar-refractivity contribution in [2.45, 2.75) is 18.9 Å². The van der Waals surface area contributed by atoms with E-state index in [4.69, 9.17) is 16.3 Å². The highest BCUT2D eigenvalue weighted by atomic mass is 35.5. The fourth-order valence-corrected chi connectivity index (χ4v) is 2.18. The quantitative estimate of drug-likeness (QED) is 0.920. The molecule has 0 amide bonds. The number of halogens is 1. The molecule has 0 aromatic heterocycles. The highest BCUT2D eigenvalue weighted by Crippen LogP contribution is 2.27. The summed E-state index contributed by atoms with van der Waals surface area (Å²) in [6, 6.07) is 15.0. The minimum Gasteiger partial charge on any atom is -0.497 e. The Bertz CT molecular complexity index is 530. The molecule has 2 rings (SSSR count). The van der Waals surface area contributed by atoms with E-state index in [9.17, 15) is 5.11 Å². The van der Waals surface area contributed by atoms with Crippen molar-refractivity contribution in [2.24, 2.45) is 0 Å². The molecule has 3 heteroatoms. The van der Waals surface area contributed by atoms with Gasteiger partial charge in [0.15, 0.2) is 0 Å². The molecule has 1 atom stereocenters. The molecule has 0 fully saturated rings. The molecule has 0 aliphatic carbocycles. The van der Waals surface area contributed by atoms with Crippen molar-refractivity contribution in [3.05, 3.63) is 64.7 Å². The maximum atomic E-state index is 10.6. The molecule has 100 valence electrons. The first kappa shape index (κ1) is 13.9. The van der Waals surface area contributed by atoms with Crippen molar-refractivity contribution in [3.63, 3.8) is 0 Å². The minimum absolute atomic E-state index is 0.540. The lowest BCUT2D eigenvalue weighted by Crippen LogP contribution is -2.24. The van der Waals surface area contributed by atoms with E-state index in [1.165, 1.54) is 0 Å². The molecule has 1 unspecified atom stereocenters. The smallest absolute Gasteiger partial charge is 0.118 e. The average Bonchev–Trinajstić information content (AvgIpc) is 2.40. The normalized spacial score (nSPS) is 13.9. The Morgan fingerprint density at radius 2 is 1.63 bits per heavy atom. The van der Waals surface area contributed by atoms with Crippen molar-refractivity contribution < 1.29 is 9.84 Å². The van der Waals surface area contributed by atoms with Gasteiger partial charge in [-0.25, -0.2) is 0 Å². The van der Waals surface area contributed by atoms with Crippen LogP contribution in [0.4, 0.5) is 0 Å². The molecule has 1 N–H and O–H groups in total. The SMILES string of the molecule is COc1ccc(CC(C)(O)c2ccc(Cl)cc2)cc1. The summed E-state index contributed by atoms with van der Waals surface area (Å²) in [5, 5.41) is 11.3. The van der Waals surface area contributed by atoms with Crippen LogP contribution in [-0.4, -0.2) is 12.2 Å². The van der Waals surface area contributed by atoms with Gasteiger partial charge in [-0.15, -0.1) is 0 Å². The Labute approximate surface area is 118 Å². The van der Waals surface area contributed by atoms with Crippen molar-refractivity contribution in [1.82, 2.24) is 0 Å². The molecular weight excluding hydrogens is 260 g/mol. The number of hydrogen-bond donors (Lipinski definition) is 1. The van der Waals surface area contributed by atoms with Gasteiger partial charge in [0.25, 0.3) is 0 Å². The fraction of sp³-hybridized carbons (Fsp3) is 0.250. The van der Waals surface area contributed by atoms with Gasteiger partial charge >= 0.3 is 0 Å². The van der Waals surface area contributed by atoms with Crippen LogP contribution in [0.25, 0.3) is 0 Å². The molecule has 0 spiro atoms. The monoisotopic (exact) mass is 276 g/mol. The number of ether oxygens (including phenoxy) is 1. The number of benzene rings is 2. The van der Waals surface area contributed by atoms with Crippen LogP contribution < -0.4 is 4.74 Å². The third-order valence-electron chi connectivity index (χ3n) is 3.17. The highest BCUT2D eigenvalue weighted by molar-refractivity contribution is 6.30. The summed E-state index contributed by atoms with van der Waals surface area (Å²) in [4.78, 5) is 0. The Hall–Kier alpha value is -1.51. The third-order valence-corrected chi connectivity index (χ3v) is 3.43. The van der Waals surface area contributed by atoms with Crippen LogP contribution in [0.3, 0.4) is 0 Å². The van der Waals surface area contributed by atoms with Crippen LogP contribution in [-0.2, 0) is 12.0 Å². The molecule has 2 aromatic carbocycles. The van der Waals surface area contributed by atoms with Gasteiger partial charge < -0.3 is 9.84 Å². The predicted octanol–water partition coefficient (Wildman–Crippen LogP) is 3.80. The van der Waals surface area contributed by atoms with Crippen molar-refractivity contribution >= 4 is 11.6 Å².